The van der Waals surface area contributed by atoms with E-state index in [0.717, 1.165) is 34.2 Å². The Balaban J connectivity index is 2.53. The Morgan fingerprint density at radius 1 is 1.35 bits per heavy atom. The number of benzene rings is 1. The topological polar surface area (TPSA) is 43.8 Å². The van der Waals surface area contributed by atoms with Crippen molar-refractivity contribution in [2.24, 2.45) is 12.8 Å². The second-order valence-corrected chi connectivity index (χ2v) is 4.45. The number of rotatable bonds is 3. The Morgan fingerprint density at radius 3 is 2.71 bits per heavy atom. The van der Waals surface area contributed by atoms with Gasteiger partial charge in [0.1, 0.15) is 5.82 Å². The van der Waals surface area contributed by atoms with Crippen LogP contribution in [0, 0.1) is 6.92 Å². The Hall–Kier alpha value is -1.32. The van der Waals surface area contributed by atoms with E-state index in [0.29, 0.717) is 6.54 Å². The number of nitrogens with zero attached hydrogens (tertiary/aromatic N) is 2. The molecule has 0 atom stereocenters. The zero-order chi connectivity index (χ0) is 12.4. The third-order valence-corrected chi connectivity index (χ3v) is 3.30. The first kappa shape index (κ1) is 12.1. The number of aromatic nitrogens is 2. The van der Waals surface area contributed by atoms with Crippen LogP contribution in [0.4, 0.5) is 0 Å². The second kappa shape index (κ2) is 4.90. The molecule has 0 fully saturated rings. The van der Waals surface area contributed by atoms with Crippen LogP contribution in [0.2, 0.25) is 5.02 Å². The Morgan fingerprint density at radius 2 is 2.06 bits per heavy atom. The zero-order valence-corrected chi connectivity index (χ0v) is 10.8. The second-order valence-electron chi connectivity index (χ2n) is 4.05. The summed E-state index contributed by atoms with van der Waals surface area (Å²) in [5.41, 5.74) is 8.73. The van der Waals surface area contributed by atoms with Crippen LogP contribution in [-0.2, 0) is 13.5 Å². The highest BCUT2D eigenvalue weighted by atomic mass is 35.5. The molecule has 1 aromatic heterocycles. The van der Waals surface area contributed by atoms with Gasteiger partial charge in [0.2, 0.25) is 0 Å². The fourth-order valence-electron chi connectivity index (χ4n) is 1.89. The molecule has 1 heterocycles. The molecular formula is C13H16ClN3. The lowest BCUT2D eigenvalue weighted by Gasteiger charge is -2.04. The van der Waals surface area contributed by atoms with Crippen molar-refractivity contribution in [2.45, 2.75) is 13.3 Å². The number of imidazole rings is 1. The zero-order valence-electron chi connectivity index (χ0n) is 10.1. The molecule has 0 bridgehead atoms. The third-order valence-electron chi connectivity index (χ3n) is 2.98. The summed E-state index contributed by atoms with van der Waals surface area (Å²) in [4.78, 5) is 4.63. The van der Waals surface area contributed by atoms with Gasteiger partial charge < -0.3 is 10.3 Å². The summed E-state index contributed by atoms with van der Waals surface area (Å²) in [6.45, 7) is 2.66. The van der Waals surface area contributed by atoms with Crippen LogP contribution in [0.3, 0.4) is 0 Å². The van der Waals surface area contributed by atoms with E-state index in [9.17, 15) is 0 Å². The van der Waals surface area contributed by atoms with Crippen LogP contribution >= 0.6 is 11.6 Å². The normalized spacial score (nSPS) is 10.8. The van der Waals surface area contributed by atoms with Gasteiger partial charge in [0, 0.05) is 24.7 Å². The summed E-state index contributed by atoms with van der Waals surface area (Å²) >= 11 is 6.19. The first-order valence-corrected chi connectivity index (χ1v) is 6.00. The lowest BCUT2D eigenvalue weighted by atomic mass is 10.2. The largest absolute Gasteiger partial charge is 0.331 e. The molecule has 1 aromatic carbocycles. The summed E-state index contributed by atoms with van der Waals surface area (Å²) in [7, 11) is 2.00. The van der Waals surface area contributed by atoms with Crippen LogP contribution in [0.25, 0.3) is 11.4 Å². The minimum Gasteiger partial charge on any atom is -0.331 e. The van der Waals surface area contributed by atoms with E-state index in [1.807, 2.05) is 31.3 Å². The van der Waals surface area contributed by atoms with Crippen molar-refractivity contribution in [3.63, 3.8) is 0 Å². The van der Waals surface area contributed by atoms with Crippen molar-refractivity contribution in [2.75, 3.05) is 6.54 Å². The average Bonchev–Trinajstić information content (AvgIpc) is 2.59. The summed E-state index contributed by atoms with van der Waals surface area (Å²) < 4.78 is 2.06. The van der Waals surface area contributed by atoms with Crippen molar-refractivity contribution < 1.29 is 0 Å². The maximum atomic E-state index is 6.19. The van der Waals surface area contributed by atoms with Crippen molar-refractivity contribution in [1.82, 2.24) is 9.55 Å². The van der Waals surface area contributed by atoms with Gasteiger partial charge in [-0.3, -0.25) is 0 Å². The maximum Gasteiger partial charge on any atom is 0.141 e. The van der Waals surface area contributed by atoms with Gasteiger partial charge in [-0.2, -0.15) is 0 Å². The van der Waals surface area contributed by atoms with E-state index < -0.39 is 0 Å². The van der Waals surface area contributed by atoms with Gasteiger partial charge in [-0.05, 0) is 25.6 Å². The third kappa shape index (κ3) is 2.21. The first-order chi connectivity index (χ1) is 8.15. The molecule has 0 aliphatic heterocycles. The Labute approximate surface area is 106 Å². The number of halogens is 1. The van der Waals surface area contributed by atoms with Crippen molar-refractivity contribution in [3.8, 4) is 11.4 Å². The van der Waals surface area contributed by atoms with Crippen molar-refractivity contribution in [3.05, 3.63) is 40.7 Å². The minimum absolute atomic E-state index is 0.611. The molecule has 3 nitrogen and oxygen atoms in total. The molecule has 2 N–H and O–H groups in total. The van der Waals surface area contributed by atoms with Gasteiger partial charge in [0.05, 0.1) is 10.7 Å². The lowest BCUT2D eigenvalue weighted by Crippen LogP contribution is -2.04. The minimum atomic E-state index is 0.611. The molecule has 0 radical (unpaired) electrons. The lowest BCUT2D eigenvalue weighted by molar-refractivity contribution is 0.865. The van der Waals surface area contributed by atoms with Gasteiger partial charge >= 0.3 is 0 Å². The Kier molecular flexibility index (Phi) is 3.50. The summed E-state index contributed by atoms with van der Waals surface area (Å²) in [6, 6.07) is 7.75. The van der Waals surface area contributed by atoms with Crippen molar-refractivity contribution in [1.29, 1.82) is 0 Å². The van der Waals surface area contributed by atoms with E-state index in [4.69, 9.17) is 17.3 Å². The monoisotopic (exact) mass is 249 g/mol. The molecule has 2 rings (SSSR count). The van der Waals surface area contributed by atoms with Crippen LogP contribution < -0.4 is 5.73 Å². The van der Waals surface area contributed by atoms with Gasteiger partial charge in [0.15, 0.2) is 0 Å². The maximum absolute atomic E-state index is 6.19. The average molecular weight is 250 g/mol. The predicted octanol–water partition coefficient (Wildman–Crippen LogP) is 2.55. The highest BCUT2D eigenvalue weighted by Crippen LogP contribution is 2.27. The summed E-state index contributed by atoms with van der Waals surface area (Å²) in [6.07, 6.45) is 0.796. The van der Waals surface area contributed by atoms with E-state index >= 15 is 0 Å². The molecule has 0 amide bonds. The van der Waals surface area contributed by atoms with Gasteiger partial charge in [-0.25, -0.2) is 4.98 Å². The Bertz CT molecular complexity index is 531. The molecule has 90 valence electrons. The number of hydrogen-bond donors (Lipinski definition) is 1. The SMILES string of the molecule is Cc1c(CCN)nc(-c2ccccc2Cl)n1C. The first-order valence-electron chi connectivity index (χ1n) is 5.62. The van der Waals surface area contributed by atoms with E-state index in [-0.39, 0.29) is 0 Å². The van der Waals surface area contributed by atoms with Crippen LogP contribution in [0.5, 0.6) is 0 Å². The molecule has 0 saturated heterocycles. The molecule has 4 heteroatoms. The summed E-state index contributed by atoms with van der Waals surface area (Å²) in [5, 5.41) is 0.722. The van der Waals surface area contributed by atoms with Crippen LogP contribution in [0.15, 0.2) is 24.3 Å². The smallest absolute Gasteiger partial charge is 0.141 e. The summed E-state index contributed by atoms with van der Waals surface area (Å²) in [5.74, 6) is 0.900. The fraction of sp³-hybridized carbons (Fsp3) is 0.308. The molecule has 0 saturated carbocycles. The molecule has 0 spiro atoms. The molecule has 0 aliphatic rings. The van der Waals surface area contributed by atoms with E-state index in [1.165, 1.54) is 0 Å². The van der Waals surface area contributed by atoms with Gasteiger partial charge in [-0.1, -0.05) is 23.7 Å². The van der Waals surface area contributed by atoms with Gasteiger partial charge in [-0.15, -0.1) is 0 Å². The molecule has 2 aromatic rings. The van der Waals surface area contributed by atoms with Gasteiger partial charge in [0.25, 0.3) is 0 Å². The van der Waals surface area contributed by atoms with Crippen LogP contribution in [-0.4, -0.2) is 16.1 Å². The molecular weight excluding hydrogens is 234 g/mol. The molecule has 0 aliphatic carbocycles. The van der Waals surface area contributed by atoms with Crippen molar-refractivity contribution >= 4 is 11.6 Å². The van der Waals surface area contributed by atoms with E-state index in [1.54, 1.807) is 0 Å². The molecule has 17 heavy (non-hydrogen) atoms. The number of nitrogens with two attached hydrogens (primary N) is 1. The molecule has 0 unspecified atom stereocenters. The predicted molar refractivity (Wildman–Crippen MR) is 71.1 cm³/mol. The standard InChI is InChI=1S/C13H16ClN3/c1-9-12(7-8-15)16-13(17(9)2)10-5-3-4-6-11(10)14/h3-6H,7-8,15H2,1-2H3. The quantitative estimate of drug-likeness (QED) is 0.909. The highest BCUT2D eigenvalue weighted by molar-refractivity contribution is 6.33. The fourth-order valence-corrected chi connectivity index (χ4v) is 2.11. The highest BCUT2D eigenvalue weighted by Gasteiger charge is 2.13. The van der Waals surface area contributed by atoms with Crippen LogP contribution in [0.1, 0.15) is 11.4 Å². The van der Waals surface area contributed by atoms with E-state index in [2.05, 4.69) is 16.5 Å². The number of hydrogen-bond acceptors (Lipinski definition) is 2.